The van der Waals surface area contributed by atoms with Gasteiger partial charge in [0.15, 0.2) is 5.82 Å². The first-order valence-corrected chi connectivity index (χ1v) is 7.18. The Balaban J connectivity index is 1.83. The zero-order valence-electron chi connectivity index (χ0n) is 11.0. The van der Waals surface area contributed by atoms with E-state index in [1.165, 1.54) is 0 Å². The smallest absolute Gasteiger partial charge is 0.150 e. The molecule has 0 radical (unpaired) electrons. The highest BCUT2D eigenvalue weighted by Gasteiger charge is 2.25. The van der Waals surface area contributed by atoms with Gasteiger partial charge in [-0.05, 0) is 13.8 Å². The molecule has 6 heteroatoms. The molecule has 100 valence electrons. The maximum absolute atomic E-state index is 5.80. The summed E-state index contributed by atoms with van der Waals surface area (Å²) in [6.07, 6.45) is 3.66. The van der Waals surface area contributed by atoms with Gasteiger partial charge in [0.25, 0.3) is 0 Å². The summed E-state index contributed by atoms with van der Waals surface area (Å²) in [6, 6.07) is 0. The molecule has 2 aromatic heterocycles. The van der Waals surface area contributed by atoms with E-state index in [2.05, 4.69) is 19.9 Å². The van der Waals surface area contributed by atoms with E-state index in [4.69, 9.17) is 4.74 Å². The molecule has 3 rings (SSSR count). The van der Waals surface area contributed by atoms with Gasteiger partial charge in [-0.15, -0.1) is 11.3 Å². The van der Waals surface area contributed by atoms with Crippen LogP contribution in [0.5, 0.6) is 0 Å². The van der Waals surface area contributed by atoms with Crippen molar-refractivity contribution in [2.45, 2.75) is 20.0 Å². The second-order valence-corrected chi connectivity index (χ2v) is 5.52. The lowest BCUT2D eigenvalue weighted by Gasteiger charge is -2.33. The van der Waals surface area contributed by atoms with Crippen molar-refractivity contribution >= 4 is 17.2 Å². The number of hydrogen-bond donors (Lipinski definition) is 0. The molecular weight excluding hydrogens is 260 g/mol. The molecule has 1 fully saturated rings. The number of anilines is 1. The van der Waals surface area contributed by atoms with Crippen LogP contribution in [0.1, 0.15) is 22.5 Å². The van der Waals surface area contributed by atoms with Crippen molar-refractivity contribution in [1.29, 1.82) is 0 Å². The van der Waals surface area contributed by atoms with Crippen molar-refractivity contribution in [2.24, 2.45) is 0 Å². The molecule has 0 saturated carbocycles. The van der Waals surface area contributed by atoms with Crippen LogP contribution in [0, 0.1) is 13.8 Å². The van der Waals surface area contributed by atoms with E-state index in [9.17, 15) is 0 Å². The van der Waals surface area contributed by atoms with Gasteiger partial charge in [-0.3, -0.25) is 4.98 Å². The number of thiazole rings is 1. The molecule has 19 heavy (non-hydrogen) atoms. The first-order chi connectivity index (χ1) is 9.24. The molecule has 0 amide bonds. The van der Waals surface area contributed by atoms with Crippen molar-refractivity contribution in [3.8, 4) is 0 Å². The predicted octanol–water partition coefficient (Wildman–Crippen LogP) is 2.13. The number of aryl methyl sites for hydroxylation is 2. The summed E-state index contributed by atoms with van der Waals surface area (Å²) < 4.78 is 5.80. The van der Waals surface area contributed by atoms with Crippen molar-refractivity contribution in [1.82, 2.24) is 15.0 Å². The van der Waals surface area contributed by atoms with Crippen molar-refractivity contribution in [2.75, 3.05) is 24.6 Å². The van der Waals surface area contributed by atoms with Gasteiger partial charge >= 0.3 is 0 Å². The Morgan fingerprint density at radius 1 is 1.37 bits per heavy atom. The highest BCUT2D eigenvalue weighted by molar-refractivity contribution is 7.09. The Kier molecular flexibility index (Phi) is 3.44. The van der Waals surface area contributed by atoms with Crippen LogP contribution in [-0.4, -0.2) is 34.6 Å². The van der Waals surface area contributed by atoms with E-state index in [1.807, 2.05) is 25.4 Å². The van der Waals surface area contributed by atoms with E-state index >= 15 is 0 Å². The Morgan fingerprint density at radius 3 is 3.05 bits per heavy atom. The third-order valence-electron chi connectivity index (χ3n) is 3.14. The van der Waals surface area contributed by atoms with Gasteiger partial charge < -0.3 is 9.64 Å². The number of morpholine rings is 1. The standard InChI is InChI=1S/C13H16N4OS/c1-9-7-15-10(2)12(16-9)17-4-5-18-11(8-17)13-14-3-6-19-13/h3,6-7,11H,4-5,8H2,1-2H3. The fourth-order valence-electron chi connectivity index (χ4n) is 2.21. The Morgan fingerprint density at radius 2 is 2.26 bits per heavy atom. The van der Waals surface area contributed by atoms with Gasteiger partial charge in [-0.1, -0.05) is 0 Å². The molecule has 1 aliphatic rings. The fourth-order valence-corrected chi connectivity index (χ4v) is 2.89. The SMILES string of the molecule is Cc1cnc(C)c(N2CCOC(c3nccs3)C2)n1. The van der Waals surface area contributed by atoms with Crippen LogP contribution < -0.4 is 4.90 Å². The molecule has 0 bridgehead atoms. The minimum absolute atomic E-state index is 0.0375. The molecule has 1 atom stereocenters. The van der Waals surface area contributed by atoms with E-state index < -0.39 is 0 Å². The van der Waals surface area contributed by atoms with Crippen LogP contribution in [0.3, 0.4) is 0 Å². The second-order valence-electron chi connectivity index (χ2n) is 4.60. The highest BCUT2D eigenvalue weighted by atomic mass is 32.1. The lowest BCUT2D eigenvalue weighted by molar-refractivity contribution is 0.0393. The minimum atomic E-state index is 0.0375. The first-order valence-electron chi connectivity index (χ1n) is 6.30. The van der Waals surface area contributed by atoms with Crippen LogP contribution in [0.25, 0.3) is 0 Å². The Hall–Kier alpha value is -1.53. The van der Waals surface area contributed by atoms with Gasteiger partial charge in [0.05, 0.1) is 24.5 Å². The van der Waals surface area contributed by atoms with Gasteiger partial charge in [0.1, 0.15) is 11.1 Å². The lowest BCUT2D eigenvalue weighted by Crippen LogP contribution is -2.39. The Labute approximate surface area is 116 Å². The quantitative estimate of drug-likeness (QED) is 0.841. The van der Waals surface area contributed by atoms with E-state index in [0.717, 1.165) is 35.3 Å². The lowest BCUT2D eigenvalue weighted by atomic mass is 10.2. The number of nitrogens with zero attached hydrogens (tertiary/aromatic N) is 4. The average molecular weight is 276 g/mol. The van der Waals surface area contributed by atoms with Gasteiger partial charge in [-0.2, -0.15) is 0 Å². The molecular formula is C13H16N4OS. The third-order valence-corrected chi connectivity index (χ3v) is 4.01. The van der Waals surface area contributed by atoms with Crippen molar-refractivity contribution in [3.05, 3.63) is 34.2 Å². The summed E-state index contributed by atoms with van der Waals surface area (Å²) in [7, 11) is 0. The maximum Gasteiger partial charge on any atom is 0.150 e. The molecule has 2 aromatic rings. The summed E-state index contributed by atoms with van der Waals surface area (Å²) in [6.45, 7) is 6.29. The molecule has 0 aliphatic carbocycles. The normalized spacial score (nSPS) is 19.7. The van der Waals surface area contributed by atoms with Crippen molar-refractivity contribution in [3.63, 3.8) is 0 Å². The van der Waals surface area contributed by atoms with Crippen LogP contribution in [0.2, 0.25) is 0 Å². The number of rotatable bonds is 2. The summed E-state index contributed by atoms with van der Waals surface area (Å²) in [5, 5.41) is 3.01. The summed E-state index contributed by atoms with van der Waals surface area (Å²) >= 11 is 1.64. The van der Waals surface area contributed by atoms with Crippen LogP contribution in [-0.2, 0) is 4.74 Å². The average Bonchev–Trinajstić information content (AvgIpc) is 2.96. The predicted molar refractivity (Wildman–Crippen MR) is 74.5 cm³/mol. The monoisotopic (exact) mass is 276 g/mol. The van der Waals surface area contributed by atoms with E-state index in [0.29, 0.717) is 6.61 Å². The zero-order valence-corrected chi connectivity index (χ0v) is 11.9. The highest BCUT2D eigenvalue weighted by Crippen LogP contribution is 2.27. The molecule has 1 saturated heterocycles. The first kappa shape index (κ1) is 12.5. The van der Waals surface area contributed by atoms with Gasteiger partial charge in [0, 0.05) is 24.3 Å². The maximum atomic E-state index is 5.80. The molecule has 0 aromatic carbocycles. The fraction of sp³-hybridized carbons (Fsp3) is 0.462. The van der Waals surface area contributed by atoms with Gasteiger partial charge in [-0.25, -0.2) is 9.97 Å². The molecule has 0 N–H and O–H groups in total. The summed E-state index contributed by atoms with van der Waals surface area (Å²) in [5.74, 6) is 0.963. The number of hydrogen-bond acceptors (Lipinski definition) is 6. The topological polar surface area (TPSA) is 51.1 Å². The summed E-state index contributed by atoms with van der Waals surface area (Å²) in [5.41, 5.74) is 1.91. The minimum Gasteiger partial charge on any atom is -0.367 e. The van der Waals surface area contributed by atoms with Crippen LogP contribution in [0.15, 0.2) is 17.8 Å². The molecule has 0 spiro atoms. The number of aromatic nitrogens is 3. The number of ether oxygens (including phenoxy) is 1. The van der Waals surface area contributed by atoms with Crippen LogP contribution in [0.4, 0.5) is 5.82 Å². The van der Waals surface area contributed by atoms with E-state index in [1.54, 1.807) is 17.5 Å². The largest absolute Gasteiger partial charge is 0.367 e. The van der Waals surface area contributed by atoms with Crippen LogP contribution >= 0.6 is 11.3 Å². The molecule has 1 aliphatic heterocycles. The Bertz CT molecular complexity index is 558. The molecule has 1 unspecified atom stereocenters. The van der Waals surface area contributed by atoms with Gasteiger partial charge in [0.2, 0.25) is 0 Å². The zero-order chi connectivity index (χ0) is 13.2. The van der Waals surface area contributed by atoms with E-state index in [-0.39, 0.29) is 6.10 Å². The second kappa shape index (κ2) is 5.22. The third kappa shape index (κ3) is 2.59. The molecule has 5 nitrogen and oxygen atoms in total. The van der Waals surface area contributed by atoms with Crippen molar-refractivity contribution < 1.29 is 4.74 Å². The summed E-state index contributed by atoms with van der Waals surface area (Å²) in [4.78, 5) is 15.6. The molecule has 3 heterocycles.